The molecule has 3 aromatic rings. The SMILES string of the molecule is C=Cc1c2[nH]c(c1C)C=C1NC(=C(CC(=O)OC)c3[nH]c(c(C)c3C(=O)NCCN3C(=O)CC(SC[C@H](NC(=O)CC[C@H](N)C(=O)O)C(=O)NCC(=O)O)C3=O)C=c3[nH]c(c(C)c3CC)=C2)[C@@H](CCC(=O)OC)[C@@H]1C. The van der Waals surface area contributed by atoms with E-state index in [-0.39, 0.29) is 68.3 Å². The van der Waals surface area contributed by atoms with E-state index in [1.54, 1.807) is 6.92 Å². The average molecular weight is 1060 g/mol. The average Bonchev–Trinajstić information content (AvgIpc) is 4.12. The maximum absolute atomic E-state index is 14.8. The third kappa shape index (κ3) is 12.8. The van der Waals surface area contributed by atoms with Gasteiger partial charge in [-0.3, -0.25) is 48.1 Å². The molecule has 6 heterocycles. The minimum absolute atomic E-state index is 0.0548. The number of nitrogens with two attached hydrogens (primary N) is 1. The normalized spacial score (nSPS) is 17.7. The van der Waals surface area contributed by atoms with Crippen LogP contribution in [0.5, 0.6) is 0 Å². The van der Waals surface area contributed by atoms with Crippen LogP contribution in [0.15, 0.2) is 18.0 Å². The molecule has 0 saturated carbocycles. The Balaban J connectivity index is 1.35. The second kappa shape index (κ2) is 24.6. The molecule has 2 saturated heterocycles. The molecule has 3 aromatic heterocycles. The number of nitrogens with one attached hydrogen (secondary N) is 7. The number of imide groups is 1. The van der Waals surface area contributed by atoms with Crippen LogP contribution < -0.4 is 37.7 Å². The lowest BCUT2D eigenvalue weighted by atomic mass is 9.85. The number of aromatic amines is 3. The zero-order valence-corrected chi connectivity index (χ0v) is 43.8. The lowest BCUT2D eigenvalue weighted by Crippen LogP contribution is -2.50. The molecular formula is C52H65N9O13S. The third-order valence-corrected chi connectivity index (χ3v) is 15.2. The molecule has 11 N–H and O–H groups in total. The summed E-state index contributed by atoms with van der Waals surface area (Å²) >= 11 is 0.887. The van der Waals surface area contributed by atoms with Crippen molar-refractivity contribution in [2.24, 2.45) is 17.6 Å². The fraction of sp³-hybridized carbons (Fsp3) is 0.442. The number of carboxylic acid groups (broad SMARTS) is 2. The molecule has 0 aliphatic carbocycles. The van der Waals surface area contributed by atoms with Gasteiger partial charge in [0.05, 0.1) is 37.1 Å². The van der Waals surface area contributed by atoms with Crippen LogP contribution in [0.1, 0.15) is 113 Å². The van der Waals surface area contributed by atoms with Gasteiger partial charge in [0.25, 0.3) is 5.91 Å². The number of carboxylic acids is 2. The van der Waals surface area contributed by atoms with Crippen LogP contribution in [0.3, 0.4) is 0 Å². The first-order valence-corrected chi connectivity index (χ1v) is 25.5. The summed E-state index contributed by atoms with van der Waals surface area (Å²) in [7, 11) is 2.58. The summed E-state index contributed by atoms with van der Waals surface area (Å²) in [4.78, 5) is 128. The van der Waals surface area contributed by atoms with Gasteiger partial charge in [-0.2, -0.15) is 0 Å². The molecule has 1 unspecified atom stereocenters. The number of rotatable bonds is 22. The molecule has 5 atom stereocenters. The Kier molecular flexibility index (Phi) is 18.6. The summed E-state index contributed by atoms with van der Waals surface area (Å²) in [6.07, 6.45) is 7.63. The zero-order chi connectivity index (χ0) is 55.0. The Labute approximate surface area is 436 Å². The fourth-order valence-electron chi connectivity index (χ4n) is 9.63. The summed E-state index contributed by atoms with van der Waals surface area (Å²) in [5.74, 6) is -7.97. The Bertz CT molecular complexity index is 3020. The molecule has 23 heteroatoms. The van der Waals surface area contributed by atoms with Crippen molar-refractivity contribution in [3.63, 3.8) is 0 Å². The van der Waals surface area contributed by atoms with Crippen LogP contribution in [-0.4, -0.2) is 140 Å². The Morgan fingerprint density at radius 1 is 0.920 bits per heavy atom. The van der Waals surface area contributed by atoms with E-state index in [0.717, 1.165) is 66.7 Å². The molecular weight excluding hydrogens is 991 g/mol. The van der Waals surface area contributed by atoms with E-state index in [1.807, 2.05) is 52.0 Å². The topological polar surface area (TPSA) is 337 Å². The molecule has 2 fully saturated rings. The number of aromatic nitrogens is 3. The first kappa shape index (κ1) is 56.6. The summed E-state index contributed by atoms with van der Waals surface area (Å²) in [5, 5.41) is 29.9. The molecule has 5 amide bonds. The highest BCUT2D eigenvalue weighted by molar-refractivity contribution is 8.00. The van der Waals surface area contributed by atoms with Gasteiger partial charge in [-0.1, -0.05) is 26.5 Å². The Morgan fingerprint density at radius 3 is 2.27 bits per heavy atom. The van der Waals surface area contributed by atoms with Gasteiger partial charge in [0.2, 0.25) is 23.6 Å². The van der Waals surface area contributed by atoms with Crippen molar-refractivity contribution >= 4 is 95.1 Å². The van der Waals surface area contributed by atoms with Gasteiger partial charge in [-0.05, 0) is 80.5 Å². The van der Waals surface area contributed by atoms with E-state index in [2.05, 4.69) is 42.8 Å². The second-order valence-corrected chi connectivity index (χ2v) is 19.8. The first-order valence-electron chi connectivity index (χ1n) is 24.5. The molecule has 6 rings (SSSR count). The van der Waals surface area contributed by atoms with Crippen molar-refractivity contribution in [2.45, 2.75) is 96.9 Å². The van der Waals surface area contributed by atoms with Gasteiger partial charge in [0.15, 0.2) is 0 Å². The highest BCUT2D eigenvalue weighted by Gasteiger charge is 2.41. The standard InChI is InChI=1S/C52H65N9O13S/c1-9-28-24(3)33-18-35-26(5)30(11-14-44(66)73-7)47(59-35)31(17-45(67)74-8)48-46(27(6)36(60-48)20-38-29(10-2)25(4)34(57-38)19-37(28)56-33)50(69)54-15-16-61-42(63)21-40(51(61)70)75-23-39(49(68)55-22-43(64)65)58-41(62)13-12-32(53)52(71)72/h9,18-20,26,30,32,39-40,56-57,59-60H,1,10-17,21-23,53H2,2-8H3,(H,54,69)(H,55,68)(H,58,62)(H,64,65)(H,71,72)/t26-,30-,32-,39-,40?/m0/s1. The molecule has 0 radical (unpaired) electrons. The number of ether oxygens (including phenoxy) is 2. The van der Waals surface area contributed by atoms with E-state index in [0.29, 0.717) is 41.1 Å². The zero-order valence-electron chi connectivity index (χ0n) is 43.0. The number of hydrogen-bond acceptors (Lipinski definition) is 14. The monoisotopic (exact) mass is 1060 g/mol. The number of carbonyl (C=O) groups excluding carboxylic acids is 7. The lowest BCUT2D eigenvalue weighted by molar-refractivity contribution is -0.141. The van der Waals surface area contributed by atoms with E-state index >= 15 is 0 Å². The number of methoxy groups -OCH3 is 2. The number of nitrogens with zero attached hydrogens (tertiary/aromatic N) is 1. The van der Waals surface area contributed by atoms with Crippen molar-refractivity contribution in [3.8, 4) is 0 Å². The summed E-state index contributed by atoms with van der Waals surface area (Å²) in [6, 6.07) is -2.70. The predicted octanol–water partition coefficient (Wildman–Crippen LogP) is 1.36. The molecule has 0 aromatic carbocycles. The number of hydrogen-bond donors (Lipinski definition) is 10. The van der Waals surface area contributed by atoms with E-state index in [1.165, 1.54) is 14.2 Å². The fourth-order valence-corrected chi connectivity index (χ4v) is 10.8. The Hall–Kier alpha value is -7.66. The number of amides is 5. The van der Waals surface area contributed by atoms with E-state index in [4.69, 9.17) is 25.4 Å². The number of aliphatic carboxylic acids is 2. The molecule has 0 spiro atoms. The van der Waals surface area contributed by atoms with Crippen molar-refractivity contribution in [3.05, 3.63) is 84.8 Å². The van der Waals surface area contributed by atoms with Crippen LogP contribution in [0.4, 0.5) is 0 Å². The van der Waals surface area contributed by atoms with Crippen molar-refractivity contribution in [1.82, 2.24) is 41.1 Å². The summed E-state index contributed by atoms with van der Waals surface area (Å²) < 4.78 is 10.3. The van der Waals surface area contributed by atoms with Crippen molar-refractivity contribution < 1.29 is 62.8 Å². The third-order valence-electron chi connectivity index (χ3n) is 13.9. The minimum atomic E-state index is -1.36. The molecule has 3 aliphatic rings. The number of allylic oxidation sites excluding steroid dienone is 2. The molecule has 22 nitrogen and oxygen atoms in total. The number of likely N-dealkylation sites (tertiary alicyclic amines) is 1. The van der Waals surface area contributed by atoms with Gasteiger partial charge in [0.1, 0.15) is 18.6 Å². The van der Waals surface area contributed by atoms with Gasteiger partial charge in [-0.25, -0.2) is 0 Å². The number of esters is 2. The lowest BCUT2D eigenvalue weighted by Gasteiger charge is -2.20. The Morgan fingerprint density at radius 2 is 1.61 bits per heavy atom. The van der Waals surface area contributed by atoms with Crippen LogP contribution in [0.2, 0.25) is 0 Å². The maximum atomic E-state index is 14.8. The van der Waals surface area contributed by atoms with Crippen molar-refractivity contribution in [2.75, 3.05) is 39.6 Å². The second-order valence-electron chi connectivity index (χ2n) is 18.6. The molecule has 402 valence electrons. The largest absolute Gasteiger partial charge is 0.480 e. The highest BCUT2D eigenvalue weighted by Crippen LogP contribution is 2.43. The van der Waals surface area contributed by atoms with Crippen LogP contribution >= 0.6 is 11.8 Å². The molecule has 8 bridgehead atoms. The number of fused-ring (bicyclic) bond motifs is 8. The molecule has 3 aliphatic heterocycles. The number of carbonyl (C=O) groups is 9. The van der Waals surface area contributed by atoms with Crippen LogP contribution in [0.25, 0.3) is 29.9 Å². The maximum Gasteiger partial charge on any atom is 0.322 e. The molecule has 75 heavy (non-hydrogen) atoms. The quantitative estimate of drug-likeness (QED) is 0.0502. The van der Waals surface area contributed by atoms with Gasteiger partial charge >= 0.3 is 23.9 Å². The number of thioether (sulfide) groups is 1. The minimum Gasteiger partial charge on any atom is -0.480 e. The highest BCUT2D eigenvalue weighted by atomic mass is 32.2. The number of H-pyrrole nitrogens is 3. The van der Waals surface area contributed by atoms with Gasteiger partial charge in [-0.15, -0.1) is 11.8 Å². The van der Waals surface area contributed by atoms with Crippen LogP contribution in [0, 0.1) is 32.6 Å². The summed E-state index contributed by atoms with van der Waals surface area (Å²) in [6.45, 7) is 12.8. The predicted molar refractivity (Wildman–Crippen MR) is 278 cm³/mol. The summed E-state index contributed by atoms with van der Waals surface area (Å²) in [5.41, 5.74) is 14.4. The van der Waals surface area contributed by atoms with E-state index < -0.39 is 77.3 Å². The van der Waals surface area contributed by atoms with Gasteiger partial charge < -0.3 is 61.6 Å². The van der Waals surface area contributed by atoms with E-state index in [9.17, 15) is 43.2 Å². The smallest absolute Gasteiger partial charge is 0.322 e. The van der Waals surface area contributed by atoms with Crippen LogP contribution in [-0.2, 0) is 54.3 Å². The van der Waals surface area contributed by atoms with Gasteiger partial charge in [0, 0.05) is 100 Å². The first-order chi connectivity index (χ1) is 35.6. The van der Waals surface area contributed by atoms with Crippen molar-refractivity contribution in [1.29, 1.82) is 0 Å².